The molecular formula is C14H13BrN2O. The zero-order chi connectivity index (χ0) is 13.1. The fourth-order valence-electron chi connectivity index (χ4n) is 1.63. The minimum atomic E-state index is -0.151. The van der Waals surface area contributed by atoms with Gasteiger partial charge >= 0.3 is 0 Å². The van der Waals surface area contributed by atoms with Crippen molar-refractivity contribution in [1.82, 2.24) is 0 Å². The molecule has 0 aliphatic carbocycles. The Hall–Kier alpha value is -1.81. The van der Waals surface area contributed by atoms with Crippen molar-refractivity contribution in [2.24, 2.45) is 0 Å². The number of nitrogen functional groups attached to an aromatic ring is 1. The van der Waals surface area contributed by atoms with E-state index in [-0.39, 0.29) is 5.91 Å². The molecule has 0 saturated heterocycles. The second-order valence-electron chi connectivity index (χ2n) is 3.98. The van der Waals surface area contributed by atoms with Crippen molar-refractivity contribution < 1.29 is 4.79 Å². The first-order valence-corrected chi connectivity index (χ1v) is 6.29. The molecule has 0 aliphatic heterocycles. The van der Waals surface area contributed by atoms with Crippen LogP contribution in [-0.2, 0) is 0 Å². The molecule has 0 unspecified atom stereocenters. The summed E-state index contributed by atoms with van der Waals surface area (Å²) in [4.78, 5) is 12.1. The van der Waals surface area contributed by atoms with E-state index in [1.54, 1.807) is 18.2 Å². The van der Waals surface area contributed by atoms with Crippen molar-refractivity contribution in [3.63, 3.8) is 0 Å². The first-order chi connectivity index (χ1) is 8.58. The van der Waals surface area contributed by atoms with Gasteiger partial charge in [0.1, 0.15) is 0 Å². The first kappa shape index (κ1) is 12.6. The second-order valence-corrected chi connectivity index (χ2v) is 4.90. The van der Waals surface area contributed by atoms with Gasteiger partial charge in [0.2, 0.25) is 0 Å². The van der Waals surface area contributed by atoms with Crippen molar-refractivity contribution in [2.45, 2.75) is 6.92 Å². The number of rotatable bonds is 2. The van der Waals surface area contributed by atoms with Crippen LogP contribution in [0.15, 0.2) is 46.9 Å². The highest BCUT2D eigenvalue weighted by atomic mass is 79.9. The molecule has 4 heteroatoms. The molecule has 0 fully saturated rings. The van der Waals surface area contributed by atoms with E-state index in [2.05, 4.69) is 21.2 Å². The van der Waals surface area contributed by atoms with Gasteiger partial charge in [-0.1, -0.05) is 22.0 Å². The van der Waals surface area contributed by atoms with E-state index in [1.807, 2.05) is 31.2 Å². The van der Waals surface area contributed by atoms with E-state index >= 15 is 0 Å². The number of amides is 1. The summed E-state index contributed by atoms with van der Waals surface area (Å²) in [6, 6.07) is 12.8. The average molecular weight is 305 g/mol. The Bertz CT molecular complexity index is 579. The third-order valence-corrected chi connectivity index (χ3v) is 3.25. The lowest BCUT2D eigenvalue weighted by Crippen LogP contribution is -2.14. The molecule has 0 bridgehead atoms. The predicted molar refractivity (Wildman–Crippen MR) is 77.7 cm³/mol. The number of hydrogen-bond donors (Lipinski definition) is 2. The van der Waals surface area contributed by atoms with Gasteiger partial charge in [0.15, 0.2) is 0 Å². The highest BCUT2D eigenvalue weighted by molar-refractivity contribution is 9.10. The normalized spacial score (nSPS) is 10.1. The molecule has 2 aromatic rings. The maximum Gasteiger partial charge on any atom is 0.256 e. The summed E-state index contributed by atoms with van der Waals surface area (Å²) in [5, 5.41) is 2.84. The fraction of sp³-hybridized carbons (Fsp3) is 0.0714. The Labute approximate surface area is 114 Å². The number of nitrogens with one attached hydrogen (secondary N) is 1. The third-order valence-electron chi connectivity index (χ3n) is 2.72. The van der Waals surface area contributed by atoms with Gasteiger partial charge in [0.25, 0.3) is 5.91 Å². The Kier molecular flexibility index (Phi) is 3.67. The lowest BCUT2D eigenvalue weighted by atomic mass is 10.1. The minimum absolute atomic E-state index is 0.151. The van der Waals surface area contributed by atoms with Gasteiger partial charge in [0.05, 0.1) is 0 Å². The molecule has 1 amide bonds. The highest BCUT2D eigenvalue weighted by Gasteiger charge is 2.10. The maximum atomic E-state index is 12.1. The quantitative estimate of drug-likeness (QED) is 0.833. The van der Waals surface area contributed by atoms with Crippen LogP contribution in [-0.4, -0.2) is 5.91 Å². The Morgan fingerprint density at radius 1 is 1.17 bits per heavy atom. The van der Waals surface area contributed by atoms with Crippen molar-refractivity contribution in [2.75, 3.05) is 11.1 Å². The van der Waals surface area contributed by atoms with Crippen molar-refractivity contribution in [1.29, 1.82) is 0 Å². The van der Waals surface area contributed by atoms with Gasteiger partial charge in [-0.3, -0.25) is 4.79 Å². The molecule has 0 heterocycles. The van der Waals surface area contributed by atoms with Crippen LogP contribution in [0.5, 0.6) is 0 Å². The van der Waals surface area contributed by atoms with E-state index < -0.39 is 0 Å². The van der Waals surface area contributed by atoms with Gasteiger partial charge in [-0.15, -0.1) is 0 Å². The van der Waals surface area contributed by atoms with Crippen LogP contribution in [0.4, 0.5) is 11.4 Å². The van der Waals surface area contributed by atoms with Crippen LogP contribution >= 0.6 is 15.9 Å². The number of benzene rings is 2. The Morgan fingerprint density at radius 3 is 2.50 bits per heavy atom. The number of nitrogens with two attached hydrogens (primary N) is 1. The van der Waals surface area contributed by atoms with Crippen LogP contribution in [0, 0.1) is 6.92 Å². The molecule has 92 valence electrons. The van der Waals surface area contributed by atoms with Crippen LogP contribution in [0.1, 0.15) is 15.9 Å². The summed E-state index contributed by atoms with van der Waals surface area (Å²) in [6.07, 6.45) is 0. The number of carbonyl (C=O) groups excluding carboxylic acids is 1. The summed E-state index contributed by atoms with van der Waals surface area (Å²) in [5.74, 6) is -0.151. The zero-order valence-corrected chi connectivity index (χ0v) is 11.5. The Balaban J connectivity index is 2.22. The van der Waals surface area contributed by atoms with Crippen LogP contribution in [0.25, 0.3) is 0 Å². The van der Waals surface area contributed by atoms with E-state index in [9.17, 15) is 4.79 Å². The standard InChI is InChI=1S/C14H13BrN2O/c1-9-12(3-2-4-13(9)16)14(18)17-11-7-5-10(15)6-8-11/h2-8H,16H2,1H3,(H,17,18). The molecule has 0 saturated carbocycles. The molecular weight excluding hydrogens is 292 g/mol. The highest BCUT2D eigenvalue weighted by Crippen LogP contribution is 2.18. The molecule has 0 spiro atoms. The van der Waals surface area contributed by atoms with Gasteiger partial charge in [0, 0.05) is 21.4 Å². The van der Waals surface area contributed by atoms with E-state index in [0.29, 0.717) is 11.3 Å². The Morgan fingerprint density at radius 2 is 1.83 bits per heavy atom. The molecule has 0 aromatic heterocycles. The molecule has 2 aromatic carbocycles. The van der Waals surface area contributed by atoms with E-state index in [4.69, 9.17) is 5.73 Å². The lowest BCUT2D eigenvalue weighted by molar-refractivity contribution is 0.102. The summed E-state index contributed by atoms with van der Waals surface area (Å²) in [6.45, 7) is 1.84. The van der Waals surface area contributed by atoms with E-state index in [0.717, 1.165) is 15.7 Å². The summed E-state index contributed by atoms with van der Waals surface area (Å²) in [5.41, 5.74) is 8.56. The molecule has 0 radical (unpaired) electrons. The molecule has 3 N–H and O–H groups in total. The molecule has 0 atom stereocenters. The maximum absolute atomic E-state index is 12.1. The van der Waals surface area contributed by atoms with Crippen LogP contribution in [0.3, 0.4) is 0 Å². The molecule has 0 aliphatic rings. The van der Waals surface area contributed by atoms with Crippen molar-refractivity contribution >= 4 is 33.2 Å². The van der Waals surface area contributed by atoms with Gasteiger partial charge in [-0.2, -0.15) is 0 Å². The summed E-state index contributed by atoms with van der Waals surface area (Å²) >= 11 is 3.35. The predicted octanol–water partition coefficient (Wildman–Crippen LogP) is 3.59. The summed E-state index contributed by atoms with van der Waals surface area (Å²) in [7, 11) is 0. The number of hydrogen-bond acceptors (Lipinski definition) is 2. The third kappa shape index (κ3) is 2.71. The largest absolute Gasteiger partial charge is 0.398 e. The van der Waals surface area contributed by atoms with Gasteiger partial charge in [-0.25, -0.2) is 0 Å². The minimum Gasteiger partial charge on any atom is -0.398 e. The first-order valence-electron chi connectivity index (χ1n) is 5.50. The second kappa shape index (κ2) is 5.23. The number of anilines is 2. The number of halogens is 1. The topological polar surface area (TPSA) is 55.1 Å². The lowest BCUT2D eigenvalue weighted by Gasteiger charge is -2.09. The van der Waals surface area contributed by atoms with E-state index in [1.165, 1.54) is 0 Å². The van der Waals surface area contributed by atoms with Gasteiger partial charge < -0.3 is 11.1 Å². The van der Waals surface area contributed by atoms with Crippen LogP contribution < -0.4 is 11.1 Å². The van der Waals surface area contributed by atoms with Crippen molar-refractivity contribution in [3.8, 4) is 0 Å². The fourth-order valence-corrected chi connectivity index (χ4v) is 1.90. The number of carbonyl (C=O) groups is 1. The zero-order valence-electron chi connectivity index (χ0n) is 9.91. The average Bonchev–Trinajstić information content (AvgIpc) is 2.35. The SMILES string of the molecule is Cc1c(N)cccc1C(=O)Nc1ccc(Br)cc1. The molecule has 18 heavy (non-hydrogen) atoms. The summed E-state index contributed by atoms with van der Waals surface area (Å²) < 4.78 is 0.973. The van der Waals surface area contributed by atoms with Crippen LogP contribution in [0.2, 0.25) is 0 Å². The van der Waals surface area contributed by atoms with Crippen molar-refractivity contribution in [3.05, 3.63) is 58.1 Å². The monoisotopic (exact) mass is 304 g/mol. The molecule has 3 nitrogen and oxygen atoms in total. The van der Waals surface area contributed by atoms with Gasteiger partial charge in [-0.05, 0) is 48.9 Å². The molecule has 2 rings (SSSR count). The smallest absolute Gasteiger partial charge is 0.256 e.